The van der Waals surface area contributed by atoms with Crippen LogP contribution in [0.1, 0.15) is 29.4 Å². The van der Waals surface area contributed by atoms with Crippen molar-refractivity contribution in [1.82, 2.24) is 0 Å². The van der Waals surface area contributed by atoms with Crippen molar-refractivity contribution in [1.29, 1.82) is 0 Å². The predicted molar refractivity (Wildman–Crippen MR) is 127 cm³/mol. The molecule has 0 radical (unpaired) electrons. The summed E-state index contributed by atoms with van der Waals surface area (Å²) < 4.78 is 4.59. The van der Waals surface area contributed by atoms with Crippen LogP contribution in [0.4, 0.5) is 0 Å². The Hall–Kier alpha value is -3.52. The molecule has 5 aromatic rings. The molecular formula is C29H28N2+2. The number of hydrogen-bond acceptors (Lipinski definition) is 0. The van der Waals surface area contributed by atoms with E-state index in [0.29, 0.717) is 0 Å². The molecule has 0 saturated heterocycles. The number of benzene rings is 3. The van der Waals surface area contributed by atoms with Crippen molar-refractivity contribution >= 4 is 21.5 Å². The maximum Gasteiger partial charge on any atom is 0.202 e. The molecule has 2 aromatic heterocycles. The van der Waals surface area contributed by atoms with Gasteiger partial charge >= 0.3 is 0 Å². The monoisotopic (exact) mass is 404 g/mol. The Kier molecular flexibility index (Phi) is 4.59. The van der Waals surface area contributed by atoms with E-state index >= 15 is 0 Å². The Morgan fingerprint density at radius 3 is 1.48 bits per heavy atom. The second-order valence-electron chi connectivity index (χ2n) is 8.74. The lowest BCUT2D eigenvalue weighted by atomic mass is 9.73. The number of pyridine rings is 2. The molecule has 0 spiro atoms. The summed E-state index contributed by atoms with van der Waals surface area (Å²) in [5.41, 5.74) is 4.83. The second-order valence-corrected chi connectivity index (χ2v) is 8.74. The van der Waals surface area contributed by atoms with E-state index < -0.39 is 0 Å². The van der Waals surface area contributed by atoms with Gasteiger partial charge in [0.1, 0.15) is 14.1 Å². The Bertz CT molecular complexity index is 1350. The standard InChI is InChI=1S/C29H28N2/c1-21-11-5-10-16-26(21)29(2,27-17-22-12-6-8-14-24(22)19-30(27)3)28-18-23-13-7-9-15-25(23)20-31(28)4/h5-20H,1-4H3/q+2. The molecule has 0 atom stereocenters. The lowest BCUT2D eigenvalue weighted by molar-refractivity contribution is -0.695. The third-order valence-electron chi connectivity index (χ3n) is 6.71. The first-order valence-corrected chi connectivity index (χ1v) is 10.8. The molecule has 2 heteroatoms. The summed E-state index contributed by atoms with van der Waals surface area (Å²) >= 11 is 0. The number of rotatable bonds is 3. The zero-order chi connectivity index (χ0) is 21.6. The average Bonchev–Trinajstić information content (AvgIpc) is 2.78. The zero-order valence-electron chi connectivity index (χ0n) is 18.6. The molecule has 0 aliphatic carbocycles. The van der Waals surface area contributed by atoms with Crippen LogP contribution in [-0.2, 0) is 19.5 Å². The maximum absolute atomic E-state index is 2.36. The largest absolute Gasteiger partial charge is 0.203 e. The molecule has 0 aliphatic rings. The van der Waals surface area contributed by atoms with Crippen LogP contribution >= 0.6 is 0 Å². The van der Waals surface area contributed by atoms with E-state index in [1.165, 1.54) is 44.1 Å². The van der Waals surface area contributed by atoms with Crippen LogP contribution in [0.15, 0.2) is 97.3 Å². The number of aromatic nitrogens is 2. The van der Waals surface area contributed by atoms with Gasteiger partial charge in [-0.15, -0.1) is 0 Å². The summed E-state index contributed by atoms with van der Waals surface area (Å²) in [7, 11) is 4.33. The summed E-state index contributed by atoms with van der Waals surface area (Å²) in [6.07, 6.45) is 4.50. The van der Waals surface area contributed by atoms with Crippen LogP contribution in [0.25, 0.3) is 21.5 Å². The van der Waals surface area contributed by atoms with E-state index in [1.807, 2.05) is 0 Å². The highest BCUT2D eigenvalue weighted by Gasteiger charge is 2.45. The summed E-state index contributed by atoms with van der Waals surface area (Å²) in [4.78, 5) is 0. The predicted octanol–water partition coefficient (Wildman–Crippen LogP) is 5.30. The Morgan fingerprint density at radius 2 is 1.00 bits per heavy atom. The van der Waals surface area contributed by atoms with Gasteiger partial charge in [-0.1, -0.05) is 60.7 Å². The highest BCUT2D eigenvalue weighted by molar-refractivity contribution is 5.83. The topological polar surface area (TPSA) is 7.76 Å². The van der Waals surface area contributed by atoms with Crippen LogP contribution in [-0.4, -0.2) is 0 Å². The lowest BCUT2D eigenvalue weighted by Crippen LogP contribution is -2.49. The van der Waals surface area contributed by atoms with Crippen LogP contribution < -0.4 is 9.13 Å². The van der Waals surface area contributed by atoms with Gasteiger partial charge in [-0.05, 0) is 47.9 Å². The fourth-order valence-electron chi connectivity index (χ4n) is 5.11. The molecule has 3 aromatic carbocycles. The molecule has 0 N–H and O–H groups in total. The molecule has 5 rings (SSSR count). The van der Waals surface area contributed by atoms with Crippen molar-refractivity contribution in [2.24, 2.45) is 14.1 Å². The van der Waals surface area contributed by atoms with Gasteiger partial charge in [0, 0.05) is 22.9 Å². The molecule has 0 bridgehead atoms. The van der Waals surface area contributed by atoms with Crippen molar-refractivity contribution in [3.05, 3.63) is 120 Å². The van der Waals surface area contributed by atoms with Gasteiger partial charge in [-0.3, -0.25) is 0 Å². The summed E-state index contributed by atoms with van der Waals surface area (Å²) in [6.45, 7) is 4.58. The van der Waals surface area contributed by atoms with Crippen LogP contribution in [0.5, 0.6) is 0 Å². The molecule has 0 saturated carbocycles. The quantitative estimate of drug-likeness (QED) is 0.360. The van der Waals surface area contributed by atoms with Crippen molar-refractivity contribution in [2.45, 2.75) is 19.3 Å². The molecule has 0 unspecified atom stereocenters. The highest BCUT2D eigenvalue weighted by atomic mass is 15.0. The summed E-state index contributed by atoms with van der Waals surface area (Å²) in [5, 5.41) is 5.03. The van der Waals surface area contributed by atoms with Gasteiger partial charge in [-0.25, -0.2) is 9.13 Å². The first-order chi connectivity index (χ1) is 15.0. The third kappa shape index (κ3) is 3.11. The molecule has 2 heterocycles. The number of fused-ring (bicyclic) bond motifs is 2. The number of nitrogens with zero attached hydrogens (tertiary/aromatic N) is 2. The molecule has 0 amide bonds. The lowest BCUT2D eigenvalue weighted by Gasteiger charge is -2.27. The molecule has 0 fully saturated rings. The van der Waals surface area contributed by atoms with Crippen molar-refractivity contribution in [2.75, 3.05) is 0 Å². The van der Waals surface area contributed by atoms with E-state index in [4.69, 9.17) is 0 Å². The second kappa shape index (κ2) is 7.31. The first-order valence-electron chi connectivity index (χ1n) is 10.8. The maximum atomic E-state index is 2.36. The normalized spacial score (nSPS) is 11.9. The fourth-order valence-corrected chi connectivity index (χ4v) is 5.11. The molecule has 31 heavy (non-hydrogen) atoms. The van der Waals surface area contributed by atoms with E-state index in [1.54, 1.807) is 0 Å². The van der Waals surface area contributed by atoms with E-state index in [2.05, 4.69) is 134 Å². The number of aryl methyl sites for hydroxylation is 3. The minimum absolute atomic E-state index is 0.330. The van der Waals surface area contributed by atoms with Gasteiger partial charge in [0.05, 0.1) is 0 Å². The van der Waals surface area contributed by atoms with Gasteiger partial charge in [0.25, 0.3) is 0 Å². The van der Waals surface area contributed by atoms with Crippen LogP contribution in [0.3, 0.4) is 0 Å². The van der Waals surface area contributed by atoms with Gasteiger partial charge < -0.3 is 0 Å². The first kappa shape index (κ1) is 19.4. The molecular weight excluding hydrogens is 376 g/mol. The molecule has 152 valence electrons. The molecule has 2 nitrogen and oxygen atoms in total. The van der Waals surface area contributed by atoms with E-state index in [-0.39, 0.29) is 5.41 Å². The summed E-state index contributed by atoms with van der Waals surface area (Å²) in [5.74, 6) is 0. The van der Waals surface area contributed by atoms with Crippen molar-refractivity contribution < 1.29 is 9.13 Å². The van der Waals surface area contributed by atoms with E-state index in [0.717, 1.165) is 0 Å². The van der Waals surface area contributed by atoms with Gasteiger partial charge in [0.15, 0.2) is 17.8 Å². The smallest absolute Gasteiger partial charge is 0.202 e. The minimum atomic E-state index is -0.330. The number of hydrogen-bond donors (Lipinski definition) is 0. The third-order valence-corrected chi connectivity index (χ3v) is 6.71. The Morgan fingerprint density at radius 1 is 0.581 bits per heavy atom. The highest BCUT2D eigenvalue weighted by Crippen LogP contribution is 2.38. The van der Waals surface area contributed by atoms with Gasteiger partial charge in [0.2, 0.25) is 11.4 Å². The van der Waals surface area contributed by atoms with Gasteiger partial charge in [-0.2, -0.15) is 0 Å². The molecule has 0 aliphatic heterocycles. The van der Waals surface area contributed by atoms with Crippen molar-refractivity contribution in [3.63, 3.8) is 0 Å². The summed E-state index contributed by atoms with van der Waals surface area (Å²) in [6, 6.07) is 30.7. The SMILES string of the molecule is Cc1ccccc1C(C)(c1cc2ccccc2c[n+]1C)c1cc2ccccc2c[n+]1C. The minimum Gasteiger partial charge on any atom is -0.203 e. The van der Waals surface area contributed by atoms with Crippen molar-refractivity contribution in [3.8, 4) is 0 Å². The Labute approximate surface area is 184 Å². The van der Waals surface area contributed by atoms with Crippen LogP contribution in [0, 0.1) is 6.92 Å². The fraction of sp³-hybridized carbons (Fsp3) is 0.172. The average molecular weight is 405 g/mol. The zero-order valence-corrected chi connectivity index (χ0v) is 18.6. The Balaban J connectivity index is 1.89. The van der Waals surface area contributed by atoms with E-state index in [9.17, 15) is 0 Å². The van der Waals surface area contributed by atoms with Crippen LogP contribution in [0.2, 0.25) is 0 Å².